The predicted octanol–water partition coefficient (Wildman–Crippen LogP) is 1.96. The Hall–Kier alpha value is -2.61. The average Bonchev–Trinajstić information content (AvgIpc) is 3.14. The highest BCUT2D eigenvalue weighted by Gasteiger charge is 2.16. The maximum atomic E-state index is 4.57. The number of aromatic nitrogens is 7. The molecule has 104 valence electrons. The minimum absolute atomic E-state index is 0.640. The van der Waals surface area contributed by atoms with Gasteiger partial charge in [-0.1, -0.05) is 17.4 Å². The van der Waals surface area contributed by atoms with Gasteiger partial charge in [0.25, 0.3) is 0 Å². The molecule has 21 heavy (non-hydrogen) atoms. The molecule has 0 unspecified atom stereocenters. The van der Waals surface area contributed by atoms with Gasteiger partial charge < -0.3 is 0 Å². The molecule has 0 saturated carbocycles. The van der Waals surface area contributed by atoms with Crippen molar-refractivity contribution in [1.82, 2.24) is 34.6 Å². The zero-order valence-corrected chi connectivity index (χ0v) is 12.2. The molecule has 7 nitrogen and oxygen atoms in total. The largest absolute Gasteiger partial charge is 0.272 e. The third-order valence-corrected chi connectivity index (χ3v) is 4.14. The van der Waals surface area contributed by atoms with Gasteiger partial charge in [-0.2, -0.15) is 14.7 Å². The van der Waals surface area contributed by atoms with Crippen LogP contribution in [0.15, 0.2) is 30.5 Å². The minimum atomic E-state index is 0.640. The third-order valence-electron chi connectivity index (χ3n) is 3.22. The maximum absolute atomic E-state index is 4.57. The van der Waals surface area contributed by atoms with Crippen LogP contribution >= 0.6 is 11.3 Å². The monoisotopic (exact) mass is 297 g/mol. The van der Waals surface area contributed by atoms with Gasteiger partial charge in [-0.25, -0.2) is 0 Å². The fraction of sp³-hybridized carbons (Fsp3) is 0.154. The molecule has 0 amide bonds. The van der Waals surface area contributed by atoms with Gasteiger partial charge in [-0.05, 0) is 25.1 Å². The van der Waals surface area contributed by atoms with Crippen molar-refractivity contribution in [2.75, 3.05) is 0 Å². The number of hydrogen-bond donors (Lipinski definition) is 0. The quantitative estimate of drug-likeness (QED) is 0.565. The van der Waals surface area contributed by atoms with Crippen molar-refractivity contribution in [3.63, 3.8) is 0 Å². The van der Waals surface area contributed by atoms with Crippen LogP contribution in [0.5, 0.6) is 0 Å². The second-order valence-electron chi connectivity index (χ2n) is 4.63. The lowest BCUT2D eigenvalue weighted by Crippen LogP contribution is -1.94. The molecule has 0 spiro atoms. The van der Waals surface area contributed by atoms with Crippen LogP contribution in [0.3, 0.4) is 0 Å². The van der Waals surface area contributed by atoms with Crippen LogP contribution in [0.4, 0.5) is 0 Å². The molecule has 0 aliphatic heterocycles. The summed E-state index contributed by atoms with van der Waals surface area (Å²) in [5, 5.41) is 18.2. The summed E-state index contributed by atoms with van der Waals surface area (Å²) in [5.74, 6) is 0.640. The van der Waals surface area contributed by atoms with E-state index in [0.29, 0.717) is 5.82 Å². The Balaban J connectivity index is 1.86. The van der Waals surface area contributed by atoms with Crippen molar-refractivity contribution in [3.05, 3.63) is 36.2 Å². The van der Waals surface area contributed by atoms with Crippen molar-refractivity contribution in [2.24, 2.45) is 7.05 Å². The van der Waals surface area contributed by atoms with Crippen LogP contribution in [0, 0.1) is 6.92 Å². The Labute approximate surface area is 123 Å². The fourth-order valence-electron chi connectivity index (χ4n) is 2.04. The SMILES string of the molecule is Cc1cc(-c2nn3c(-c4ccccn4)nnc3s2)nn1C. The lowest BCUT2D eigenvalue weighted by atomic mass is 10.3. The van der Waals surface area contributed by atoms with E-state index < -0.39 is 0 Å². The summed E-state index contributed by atoms with van der Waals surface area (Å²) in [6.45, 7) is 2.01. The molecule has 0 N–H and O–H groups in total. The third kappa shape index (κ3) is 1.91. The molecule has 8 heteroatoms. The van der Waals surface area contributed by atoms with Gasteiger partial charge in [0.15, 0.2) is 5.01 Å². The van der Waals surface area contributed by atoms with Crippen LogP contribution in [-0.4, -0.2) is 34.6 Å². The molecule has 0 atom stereocenters. The summed E-state index contributed by atoms with van der Waals surface area (Å²) < 4.78 is 3.55. The normalized spacial score (nSPS) is 11.3. The zero-order valence-electron chi connectivity index (χ0n) is 11.4. The fourth-order valence-corrected chi connectivity index (χ4v) is 2.84. The summed E-state index contributed by atoms with van der Waals surface area (Å²) in [5.41, 5.74) is 2.68. The number of hydrogen-bond acceptors (Lipinski definition) is 6. The molecule has 0 aliphatic rings. The Morgan fingerprint density at radius 3 is 2.71 bits per heavy atom. The topological polar surface area (TPSA) is 73.8 Å². The average molecular weight is 297 g/mol. The van der Waals surface area contributed by atoms with Gasteiger partial charge in [-0.3, -0.25) is 9.67 Å². The lowest BCUT2D eigenvalue weighted by Gasteiger charge is -1.94. The van der Waals surface area contributed by atoms with Crippen LogP contribution in [0.1, 0.15) is 5.69 Å². The van der Waals surface area contributed by atoms with E-state index in [9.17, 15) is 0 Å². The molecule has 4 rings (SSSR count). The van der Waals surface area contributed by atoms with Crippen LogP contribution in [0.2, 0.25) is 0 Å². The predicted molar refractivity (Wildman–Crippen MR) is 78.8 cm³/mol. The smallest absolute Gasteiger partial charge is 0.235 e. The van der Waals surface area contributed by atoms with Crippen molar-refractivity contribution in [1.29, 1.82) is 0 Å². The molecule has 0 aromatic carbocycles. The lowest BCUT2D eigenvalue weighted by molar-refractivity contribution is 0.742. The Kier molecular flexibility index (Phi) is 2.58. The van der Waals surface area contributed by atoms with E-state index >= 15 is 0 Å². The first-order valence-corrected chi connectivity index (χ1v) is 7.19. The number of pyridine rings is 1. The van der Waals surface area contributed by atoms with E-state index in [1.807, 2.05) is 42.9 Å². The number of fused-ring (bicyclic) bond motifs is 1. The molecule has 0 fully saturated rings. The Morgan fingerprint density at radius 1 is 1.10 bits per heavy atom. The van der Waals surface area contributed by atoms with Gasteiger partial charge in [0, 0.05) is 18.9 Å². The summed E-state index contributed by atoms with van der Waals surface area (Å²) >= 11 is 1.46. The van der Waals surface area contributed by atoms with Gasteiger partial charge in [0.05, 0.1) is 0 Å². The second-order valence-corrected chi connectivity index (χ2v) is 5.59. The van der Waals surface area contributed by atoms with E-state index in [2.05, 4.69) is 25.4 Å². The van der Waals surface area contributed by atoms with Crippen molar-refractivity contribution in [3.8, 4) is 22.2 Å². The summed E-state index contributed by atoms with van der Waals surface area (Å²) in [6, 6.07) is 7.68. The molecule has 4 aromatic rings. The summed E-state index contributed by atoms with van der Waals surface area (Å²) in [4.78, 5) is 5.02. The summed E-state index contributed by atoms with van der Waals surface area (Å²) in [6.07, 6.45) is 1.73. The first kappa shape index (κ1) is 12.2. The Bertz CT molecular complexity index is 899. The molecule has 0 saturated heterocycles. The van der Waals surface area contributed by atoms with E-state index in [0.717, 1.165) is 27.1 Å². The number of aryl methyl sites for hydroxylation is 2. The van der Waals surface area contributed by atoms with Gasteiger partial charge >= 0.3 is 0 Å². The van der Waals surface area contributed by atoms with Crippen molar-refractivity contribution >= 4 is 16.3 Å². The van der Waals surface area contributed by atoms with Crippen molar-refractivity contribution < 1.29 is 0 Å². The van der Waals surface area contributed by atoms with E-state index in [-0.39, 0.29) is 0 Å². The summed E-state index contributed by atoms with van der Waals surface area (Å²) in [7, 11) is 1.92. The molecule has 4 heterocycles. The molecule has 0 radical (unpaired) electrons. The molecule has 4 aromatic heterocycles. The van der Waals surface area contributed by atoms with E-state index in [1.54, 1.807) is 10.7 Å². The molecule has 0 bridgehead atoms. The highest BCUT2D eigenvalue weighted by molar-refractivity contribution is 7.19. The molecule has 0 aliphatic carbocycles. The number of nitrogens with zero attached hydrogens (tertiary/aromatic N) is 7. The first-order chi connectivity index (χ1) is 10.2. The number of rotatable bonds is 2. The van der Waals surface area contributed by atoms with Crippen LogP contribution < -0.4 is 0 Å². The van der Waals surface area contributed by atoms with Crippen LogP contribution in [0.25, 0.3) is 27.2 Å². The molecular formula is C13H11N7S. The highest BCUT2D eigenvalue weighted by Crippen LogP contribution is 2.26. The van der Waals surface area contributed by atoms with Gasteiger partial charge in [0.2, 0.25) is 10.8 Å². The van der Waals surface area contributed by atoms with E-state index in [4.69, 9.17) is 0 Å². The highest BCUT2D eigenvalue weighted by atomic mass is 32.1. The minimum Gasteiger partial charge on any atom is -0.272 e. The van der Waals surface area contributed by atoms with E-state index in [1.165, 1.54) is 11.3 Å². The van der Waals surface area contributed by atoms with Gasteiger partial charge in [-0.15, -0.1) is 10.2 Å². The molecular weight excluding hydrogens is 286 g/mol. The second kappa shape index (κ2) is 4.45. The van der Waals surface area contributed by atoms with Crippen LogP contribution in [-0.2, 0) is 7.05 Å². The first-order valence-electron chi connectivity index (χ1n) is 6.37. The van der Waals surface area contributed by atoms with Gasteiger partial charge in [0.1, 0.15) is 11.4 Å². The Morgan fingerprint density at radius 2 is 2.00 bits per heavy atom. The maximum Gasteiger partial charge on any atom is 0.235 e. The zero-order chi connectivity index (χ0) is 14.4. The standard InChI is InChI=1S/C13H11N7S/c1-8-7-10(17-19(8)2)12-18-20-11(15-16-13(20)21-12)9-5-3-4-6-14-9/h3-7H,1-2H3. The van der Waals surface area contributed by atoms with Crippen molar-refractivity contribution in [2.45, 2.75) is 6.92 Å².